The average molecular weight is 265 g/mol. The van der Waals surface area contributed by atoms with Crippen LogP contribution in [-0.2, 0) is 4.74 Å². The Morgan fingerprint density at radius 1 is 1.16 bits per heavy atom. The SMILES string of the molecule is CCC(CC)N(CCOC)c1ccc([C@@H](C)O)cc1. The Morgan fingerprint density at radius 3 is 2.16 bits per heavy atom. The summed E-state index contributed by atoms with van der Waals surface area (Å²) in [5, 5.41) is 9.56. The van der Waals surface area contributed by atoms with Gasteiger partial charge in [0.15, 0.2) is 0 Å². The van der Waals surface area contributed by atoms with E-state index in [0.29, 0.717) is 6.04 Å². The minimum Gasteiger partial charge on any atom is -0.389 e. The number of methoxy groups -OCH3 is 1. The maximum atomic E-state index is 9.56. The molecule has 0 spiro atoms. The fourth-order valence-electron chi connectivity index (χ4n) is 2.39. The first kappa shape index (κ1) is 16.0. The van der Waals surface area contributed by atoms with Gasteiger partial charge in [0.05, 0.1) is 12.7 Å². The van der Waals surface area contributed by atoms with Crippen LogP contribution in [0.2, 0.25) is 0 Å². The van der Waals surface area contributed by atoms with Crippen LogP contribution in [0.15, 0.2) is 24.3 Å². The lowest BCUT2D eigenvalue weighted by Crippen LogP contribution is -2.37. The molecule has 0 aliphatic carbocycles. The van der Waals surface area contributed by atoms with Crippen LogP contribution in [0.5, 0.6) is 0 Å². The molecule has 1 rings (SSSR count). The first-order chi connectivity index (χ1) is 9.13. The second-order valence-corrected chi connectivity index (χ2v) is 4.92. The van der Waals surface area contributed by atoms with Crippen molar-refractivity contribution in [3.8, 4) is 0 Å². The summed E-state index contributed by atoms with van der Waals surface area (Å²) in [6.45, 7) is 7.86. The molecule has 0 saturated heterocycles. The van der Waals surface area contributed by atoms with Crippen LogP contribution in [0.25, 0.3) is 0 Å². The Morgan fingerprint density at radius 2 is 1.74 bits per heavy atom. The van der Waals surface area contributed by atoms with E-state index in [0.717, 1.165) is 31.6 Å². The van der Waals surface area contributed by atoms with Crippen molar-refractivity contribution in [2.75, 3.05) is 25.2 Å². The van der Waals surface area contributed by atoms with Crippen LogP contribution in [0.3, 0.4) is 0 Å². The molecule has 1 atom stereocenters. The molecule has 1 aromatic rings. The molecule has 0 bridgehead atoms. The molecule has 0 unspecified atom stereocenters. The number of ether oxygens (including phenoxy) is 1. The first-order valence-electron chi connectivity index (χ1n) is 7.17. The summed E-state index contributed by atoms with van der Waals surface area (Å²) < 4.78 is 5.21. The number of aliphatic hydroxyl groups is 1. The van der Waals surface area contributed by atoms with Crippen LogP contribution in [0.4, 0.5) is 5.69 Å². The number of rotatable bonds is 8. The van der Waals surface area contributed by atoms with Crippen LogP contribution in [0, 0.1) is 0 Å². The largest absolute Gasteiger partial charge is 0.389 e. The van der Waals surface area contributed by atoms with Gasteiger partial charge in [-0.3, -0.25) is 0 Å². The lowest BCUT2D eigenvalue weighted by molar-refractivity contribution is 0.199. The lowest BCUT2D eigenvalue weighted by Gasteiger charge is -2.32. The van der Waals surface area contributed by atoms with Gasteiger partial charge in [0.25, 0.3) is 0 Å². The molecule has 0 fully saturated rings. The second-order valence-electron chi connectivity index (χ2n) is 4.92. The monoisotopic (exact) mass is 265 g/mol. The molecule has 0 aromatic heterocycles. The van der Waals surface area contributed by atoms with Crippen molar-refractivity contribution in [3.63, 3.8) is 0 Å². The maximum absolute atomic E-state index is 9.56. The second kappa shape index (κ2) is 8.18. The third kappa shape index (κ3) is 4.51. The molecule has 3 nitrogen and oxygen atoms in total. The van der Waals surface area contributed by atoms with Crippen LogP contribution >= 0.6 is 0 Å². The quantitative estimate of drug-likeness (QED) is 0.782. The minimum absolute atomic E-state index is 0.408. The predicted octanol–water partition coefficient (Wildman–Crippen LogP) is 3.38. The third-order valence-corrected chi connectivity index (χ3v) is 3.63. The Kier molecular flexibility index (Phi) is 6.89. The van der Waals surface area contributed by atoms with Gasteiger partial charge < -0.3 is 14.7 Å². The summed E-state index contributed by atoms with van der Waals surface area (Å²) in [7, 11) is 1.74. The number of nitrogens with zero attached hydrogens (tertiary/aromatic N) is 1. The van der Waals surface area contributed by atoms with Crippen molar-refractivity contribution >= 4 is 5.69 Å². The molecule has 0 amide bonds. The normalized spacial score (nSPS) is 12.7. The van der Waals surface area contributed by atoms with E-state index >= 15 is 0 Å². The van der Waals surface area contributed by atoms with E-state index in [1.807, 2.05) is 12.1 Å². The van der Waals surface area contributed by atoms with Crippen molar-refractivity contribution in [1.29, 1.82) is 0 Å². The summed E-state index contributed by atoms with van der Waals surface area (Å²) >= 11 is 0. The Labute approximate surface area is 117 Å². The number of aliphatic hydroxyl groups excluding tert-OH is 1. The summed E-state index contributed by atoms with van der Waals surface area (Å²) in [4.78, 5) is 2.40. The molecule has 19 heavy (non-hydrogen) atoms. The highest BCUT2D eigenvalue weighted by Crippen LogP contribution is 2.23. The van der Waals surface area contributed by atoms with E-state index < -0.39 is 6.10 Å². The summed E-state index contributed by atoms with van der Waals surface area (Å²) in [6.07, 6.45) is 1.84. The molecule has 3 heteroatoms. The summed E-state index contributed by atoms with van der Waals surface area (Å²) in [5.74, 6) is 0. The van der Waals surface area contributed by atoms with E-state index in [1.165, 1.54) is 5.69 Å². The maximum Gasteiger partial charge on any atom is 0.0761 e. The molecule has 0 saturated carbocycles. The zero-order valence-electron chi connectivity index (χ0n) is 12.6. The highest BCUT2D eigenvalue weighted by Gasteiger charge is 2.15. The van der Waals surface area contributed by atoms with Gasteiger partial charge in [-0.15, -0.1) is 0 Å². The molecule has 1 N–H and O–H groups in total. The van der Waals surface area contributed by atoms with Crippen LogP contribution in [0.1, 0.15) is 45.3 Å². The first-order valence-corrected chi connectivity index (χ1v) is 7.17. The van der Waals surface area contributed by atoms with Gasteiger partial charge in [-0.05, 0) is 37.5 Å². The van der Waals surface area contributed by atoms with Gasteiger partial charge in [0.1, 0.15) is 0 Å². The highest BCUT2D eigenvalue weighted by molar-refractivity contribution is 5.49. The lowest BCUT2D eigenvalue weighted by atomic mass is 10.1. The molecule has 0 heterocycles. The number of hydrogen-bond acceptors (Lipinski definition) is 3. The van der Waals surface area contributed by atoms with E-state index in [9.17, 15) is 5.11 Å². The number of hydrogen-bond donors (Lipinski definition) is 1. The minimum atomic E-state index is -0.408. The molecule has 108 valence electrons. The summed E-state index contributed by atoms with van der Waals surface area (Å²) in [5.41, 5.74) is 2.16. The standard InChI is InChI=1S/C16H27NO2/c1-5-15(6-2)17(11-12-19-4)16-9-7-14(8-10-16)13(3)18/h7-10,13,15,18H,5-6,11-12H2,1-4H3/t13-/m1/s1. The van der Waals surface area contributed by atoms with Crippen molar-refractivity contribution < 1.29 is 9.84 Å². The molecule has 0 radical (unpaired) electrons. The van der Waals surface area contributed by atoms with E-state index in [-0.39, 0.29) is 0 Å². The van der Waals surface area contributed by atoms with E-state index in [2.05, 4.69) is 30.9 Å². The third-order valence-electron chi connectivity index (χ3n) is 3.63. The van der Waals surface area contributed by atoms with E-state index in [1.54, 1.807) is 14.0 Å². The van der Waals surface area contributed by atoms with Crippen LogP contribution in [-0.4, -0.2) is 31.4 Å². The zero-order valence-corrected chi connectivity index (χ0v) is 12.6. The number of benzene rings is 1. The van der Waals surface area contributed by atoms with E-state index in [4.69, 9.17) is 4.74 Å². The average Bonchev–Trinajstić information content (AvgIpc) is 2.43. The van der Waals surface area contributed by atoms with Crippen molar-refractivity contribution in [2.45, 2.75) is 45.8 Å². The fraction of sp³-hybridized carbons (Fsp3) is 0.625. The summed E-state index contributed by atoms with van der Waals surface area (Å²) in [6, 6.07) is 8.73. The Bertz CT molecular complexity index is 344. The Balaban J connectivity index is 2.89. The number of anilines is 1. The zero-order chi connectivity index (χ0) is 14.3. The van der Waals surface area contributed by atoms with Gasteiger partial charge in [-0.25, -0.2) is 0 Å². The Hall–Kier alpha value is -1.06. The molecule has 0 aliphatic rings. The van der Waals surface area contributed by atoms with Gasteiger partial charge in [0, 0.05) is 25.4 Å². The smallest absolute Gasteiger partial charge is 0.0761 e. The van der Waals surface area contributed by atoms with Gasteiger partial charge in [-0.2, -0.15) is 0 Å². The topological polar surface area (TPSA) is 32.7 Å². The van der Waals surface area contributed by atoms with Crippen molar-refractivity contribution in [1.82, 2.24) is 0 Å². The molecular weight excluding hydrogens is 238 g/mol. The van der Waals surface area contributed by atoms with Gasteiger partial charge >= 0.3 is 0 Å². The van der Waals surface area contributed by atoms with Gasteiger partial charge in [-0.1, -0.05) is 26.0 Å². The highest BCUT2D eigenvalue weighted by atomic mass is 16.5. The fourth-order valence-corrected chi connectivity index (χ4v) is 2.39. The van der Waals surface area contributed by atoms with Crippen molar-refractivity contribution in [3.05, 3.63) is 29.8 Å². The molecular formula is C16H27NO2. The van der Waals surface area contributed by atoms with Gasteiger partial charge in [0.2, 0.25) is 0 Å². The molecule has 0 aliphatic heterocycles. The predicted molar refractivity (Wildman–Crippen MR) is 80.7 cm³/mol. The van der Waals surface area contributed by atoms with Crippen molar-refractivity contribution in [2.24, 2.45) is 0 Å². The van der Waals surface area contributed by atoms with Crippen LogP contribution < -0.4 is 4.90 Å². The molecule has 1 aromatic carbocycles.